The summed E-state index contributed by atoms with van der Waals surface area (Å²) in [6.07, 6.45) is 1.52. The van der Waals surface area contributed by atoms with Gasteiger partial charge in [-0.3, -0.25) is 19.7 Å². The molecular formula is C13H16N2O6S. The largest absolute Gasteiger partial charge is 0.495 e. The molecule has 0 fully saturated rings. The molecule has 0 aliphatic heterocycles. The summed E-state index contributed by atoms with van der Waals surface area (Å²) in [5, 5.41) is 19.8. The highest BCUT2D eigenvalue weighted by Crippen LogP contribution is 2.34. The molecule has 0 saturated carbocycles. The average molecular weight is 328 g/mol. The number of aliphatic carboxylic acids is 1. The van der Waals surface area contributed by atoms with E-state index in [1.165, 1.54) is 38.1 Å². The third-order valence-electron chi connectivity index (χ3n) is 2.94. The van der Waals surface area contributed by atoms with Crippen LogP contribution >= 0.6 is 11.8 Å². The van der Waals surface area contributed by atoms with Gasteiger partial charge in [-0.1, -0.05) is 0 Å². The summed E-state index contributed by atoms with van der Waals surface area (Å²) >= 11 is 1.29. The second-order valence-electron chi connectivity index (χ2n) is 4.35. The third kappa shape index (κ3) is 4.10. The third-order valence-corrected chi connectivity index (χ3v) is 3.70. The summed E-state index contributed by atoms with van der Waals surface area (Å²) in [6.45, 7) is -0.0358. The van der Waals surface area contributed by atoms with Gasteiger partial charge in [0.05, 0.1) is 29.4 Å². The molecule has 0 bridgehead atoms. The number of nitro benzene ring substituents is 1. The lowest BCUT2D eigenvalue weighted by Crippen LogP contribution is -2.29. The minimum absolute atomic E-state index is 0.0358. The molecule has 0 aliphatic carbocycles. The maximum Gasteiger partial charge on any atom is 0.305 e. The normalized spacial score (nSPS) is 10.1. The number of nitro groups is 1. The van der Waals surface area contributed by atoms with Gasteiger partial charge in [0.15, 0.2) is 0 Å². The average Bonchev–Trinajstić information content (AvgIpc) is 2.50. The van der Waals surface area contributed by atoms with Crippen molar-refractivity contribution in [2.24, 2.45) is 0 Å². The number of amides is 1. The van der Waals surface area contributed by atoms with E-state index in [1.807, 2.05) is 0 Å². The quantitative estimate of drug-likeness (QED) is 0.462. The summed E-state index contributed by atoms with van der Waals surface area (Å²) in [7, 11) is 2.79. The standard InChI is InChI=1S/C13H16N2O6S/c1-14(5-4-12(16)17)13(18)8-6-11(22-3)10(21-2)7-9(8)15(19)20/h6-7H,4-5H2,1-3H3,(H,16,17). The molecule has 22 heavy (non-hydrogen) atoms. The van der Waals surface area contributed by atoms with Crippen LogP contribution in [0.25, 0.3) is 0 Å². The van der Waals surface area contributed by atoms with Crippen LogP contribution in [0.2, 0.25) is 0 Å². The maximum absolute atomic E-state index is 12.3. The van der Waals surface area contributed by atoms with Crippen molar-refractivity contribution in [3.05, 3.63) is 27.8 Å². The number of carboxylic acids is 1. The zero-order chi connectivity index (χ0) is 16.9. The fourth-order valence-corrected chi connectivity index (χ4v) is 2.34. The number of benzene rings is 1. The van der Waals surface area contributed by atoms with Gasteiger partial charge < -0.3 is 14.7 Å². The van der Waals surface area contributed by atoms with E-state index < -0.39 is 16.8 Å². The van der Waals surface area contributed by atoms with Crippen LogP contribution in [0.3, 0.4) is 0 Å². The fraction of sp³-hybridized carbons (Fsp3) is 0.385. The molecule has 120 valence electrons. The van der Waals surface area contributed by atoms with E-state index in [2.05, 4.69) is 0 Å². The summed E-state index contributed by atoms with van der Waals surface area (Å²) in [6, 6.07) is 2.59. The van der Waals surface area contributed by atoms with E-state index in [9.17, 15) is 19.7 Å². The van der Waals surface area contributed by atoms with E-state index in [-0.39, 0.29) is 24.2 Å². The van der Waals surface area contributed by atoms with Gasteiger partial charge in [-0.25, -0.2) is 0 Å². The molecule has 0 aliphatic rings. The molecule has 0 atom stereocenters. The van der Waals surface area contributed by atoms with Gasteiger partial charge in [0.1, 0.15) is 11.3 Å². The maximum atomic E-state index is 12.3. The molecule has 0 unspecified atom stereocenters. The minimum Gasteiger partial charge on any atom is -0.495 e. The van der Waals surface area contributed by atoms with Crippen LogP contribution in [0.5, 0.6) is 5.75 Å². The van der Waals surface area contributed by atoms with Crippen LogP contribution in [-0.4, -0.2) is 53.8 Å². The first-order valence-electron chi connectivity index (χ1n) is 6.19. The number of carboxylic acid groups (broad SMARTS) is 1. The molecular weight excluding hydrogens is 312 g/mol. The Balaban J connectivity index is 3.23. The molecule has 9 heteroatoms. The Kier molecular flexibility index (Phi) is 6.17. The molecule has 1 aromatic rings. The van der Waals surface area contributed by atoms with Gasteiger partial charge in [0, 0.05) is 13.6 Å². The van der Waals surface area contributed by atoms with Crippen LogP contribution in [0.4, 0.5) is 5.69 Å². The number of thioether (sulfide) groups is 1. The van der Waals surface area contributed by atoms with Crippen molar-refractivity contribution in [2.45, 2.75) is 11.3 Å². The van der Waals surface area contributed by atoms with Crippen LogP contribution in [0.15, 0.2) is 17.0 Å². The van der Waals surface area contributed by atoms with Gasteiger partial charge in [-0.05, 0) is 12.3 Å². The highest BCUT2D eigenvalue weighted by molar-refractivity contribution is 7.98. The van der Waals surface area contributed by atoms with Gasteiger partial charge in [0.2, 0.25) is 0 Å². The Morgan fingerprint density at radius 3 is 2.55 bits per heavy atom. The molecule has 1 N–H and O–H groups in total. The predicted octanol–water partition coefficient (Wildman–Crippen LogP) is 1.87. The van der Waals surface area contributed by atoms with Gasteiger partial charge in [0.25, 0.3) is 11.6 Å². The smallest absolute Gasteiger partial charge is 0.305 e. The van der Waals surface area contributed by atoms with Crippen molar-refractivity contribution in [2.75, 3.05) is 27.0 Å². The lowest BCUT2D eigenvalue weighted by Gasteiger charge is -2.17. The molecule has 0 aromatic heterocycles. The van der Waals surface area contributed by atoms with Gasteiger partial charge in [-0.2, -0.15) is 0 Å². The molecule has 1 rings (SSSR count). The van der Waals surface area contributed by atoms with Crippen molar-refractivity contribution in [1.82, 2.24) is 4.90 Å². The molecule has 0 radical (unpaired) electrons. The van der Waals surface area contributed by atoms with Gasteiger partial charge in [-0.15, -0.1) is 11.8 Å². The van der Waals surface area contributed by atoms with Gasteiger partial charge >= 0.3 is 5.97 Å². The minimum atomic E-state index is -1.05. The van der Waals surface area contributed by atoms with E-state index in [0.717, 1.165) is 4.90 Å². The molecule has 0 heterocycles. The first-order valence-corrected chi connectivity index (χ1v) is 7.42. The number of nitrogens with zero attached hydrogens (tertiary/aromatic N) is 2. The number of rotatable bonds is 7. The zero-order valence-electron chi connectivity index (χ0n) is 12.4. The molecule has 0 spiro atoms. The lowest BCUT2D eigenvalue weighted by atomic mass is 10.1. The van der Waals surface area contributed by atoms with Crippen molar-refractivity contribution >= 4 is 29.3 Å². The highest BCUT2D eigenvalue weighted by Gasteiger charge is 2.26. The Bertz CT molecular complexity index is 604. The summed E-state index contributed by atoms with van der Waals surface area (Å²) in [5.41, 5.74) is -0.468. The second-order valence-corrected chi connectivity index (χ2v) is 5.20. The highest BCUT2D eigenvalue weighted by atomic mass is 32.2. The Morgan fingerprint density at radius 2 is 2.09 bits per heavy atom. The van der Waals surface area contributed by atoms with Crippen LogP contribution in [0, 0.1) is 10.1 Å². The van der Waals surface area contributed by atoms with E-state index in [4.69, 9.17) is 9.84 Å². The Labute approximate surface area is 131 Å². The fourth-order valence-electron chi connectivity index (χ4n) is 1.76. The second kappa shape index (κ2) is 7.64. The van der Waals surface area contributed by atoms with Crippen molar-refractivity contribution in [3.8, 4) is 5.75 Å². The topological polar surface area (TPSA) is 110 Å². The SMILES string of the molecule is COc1cc([N+](=O)[O-])c(C(=O)N(C)CCC(=O)O)cc1SC. The van der Waals surface area contributed by atoms with E-state index >= 15 is 0 Å². The predicted molar refractivity (Wildman–Crippen MR) is 80.6 cm³/mol. The number of ether oxygens (including phenoxy) is 1. The summed E-state index contributed by atoms with van der Waals surface area (Å²) < 4.78 is 5.07. The van der Waals surface area contributed by atoms with Crippen LogP contribution < -0.4 is 4.74 Å². The number of methoxy groups -OCH3 is 1. The first kappa shape index (κ1) is 17.8. The lowest BCUT2D eigenvalue weighted by molar-refractivity contribution is -0.385. The number of hydrogen-bond donors (Lipinski definition) is 1. The summed E-state index contributed by atoms with van der Waals surface area (Å²) in [4.78, 5) is 35.1. The van der Waals surface area contributed by atoms with Crippen molar-refractivity contribution < 1.29 is 24.4 Å². The molecule has 1 amide bonds. The Morgan fingerprint density at radius 1 is 1.45 bits per heavy atom. The number of carbonyl (C=O) groups excluding carboxylic acids is 1. The van der Waals surface area contributed by atoms with Crippen LogP contribution in [-0.2, 0) is 4.79 Å². The van der Waals surface area contributed by atoms with E-state index in [1.54, 1.807) is 6.26 Å². The van der Waals surface area contributed by atoms with E-state index in [0.29, 0.717) is 10.6 Å². The monoisotopic (exact) mass is 328 g/mol. The first-order chi connectivity index (χ1) is 10.3. The number of hydrogen-bond acceptors (Lipinski definition) is 6. The molecule has 8 nitrogen and oxygen atoms in total. The molecule has 0 saturated heterocycles. The summed E-state index contributed by atoms with van der Waals surface area (Å²) in [5.74, 6) is -1.34. The van der Waals surface area contributed by atoms with Crippen molar-refractivity contribution in [3.63, 3.8) is 0 Å². The zero-order valence-corrected chi connectivity index (χ0v) is 13.2. The van der Waals surface area contributed by atoms with Crippen LogP contribution in [0.1, 0.15) is 16.8 Å². The molecule has 1 aromatic carbocycles. The van der Waals surface area contributed by atoms with Crippen molar-refractivity contribution in [1.29, 1.82) is 0 Å². The number of carbonyl (C=O) groups is 2. The Hall–Kier alpha value is -2.29.